The Morgan fingerprint density at radius 2 is 2.10 bits per heavy atom. The van der Waals surface area contributed by atoms with Gasteiger partial charge in [-0.1, -0.05) is 0 Å². The predicted octanol–water partition coefficient (Wildman–Crippen LogP) is 2.71. The molecule has 1 saturated carbocycles. The van der Waals surface area contributed by atoms with Crippen molar-refractivity contribution >= 4 is 22.7 Å². The highest BCUT2D eigenvalue weighted by atomic mass is 16.4. The summed E-state index contributed by atoms with van der Waals surface area (Å²) >= 11 is 0. The number of benzene rings is 1. The number of anilines is 1. The first-order valence-corrected chi connectivity index (χ1v) is 6.73. The summed E-state index contributed by atoms with van der Waals surface area (Å²) in [6.07, 6.45) is 2.38. The maximum Gasteiger partial charge on any atom is 0.336 e. The number of urea groups is 1. The lowest BCUT2D eigenvalue weighted by Gasteiger charge is -2.13. The Labute approximate surface area is 116 Å². The van der Waals surface area contributed by atoms with Gasteiger partial charge in [0.15, 0.2) is 0 Å². The molecule has 1 aliphatic carbocycles. The molecule has 1 aliphatic rings. The Morgan fingerprint density at radius 1 is 1.30 bits per heavy atom. The van der Waals surface area contributed by atoms with Crippen LogP contribution in [-0.4, -0.2) is 12.1 Å². The normalized spacial score (nSPS) is 15.8. The summed E-state index contributed by atoms with van der Waals surface area (Å²) in [5, 5.41) is 6.49. The number of carbonyl (C=O) groups is 1. The first-order valence-electron chi connectivity index (χ1n) is 6.73. The van der Waals surface area contributed by atoms with Crippen LogP contribution in [0.15, 0.2) is 39.5 Å². The third kappa shape index (κ3) is 2.82. The lowest BCUT2D eigenvalue weighted by Crippen LogP contribution is -2.37. The quantitative estimate of drug-likeness (QED) is 0.844. The molecule has 0 aliphatic heterocycles. The minimum Gasteiger partial charge on any atom is -0.423 e. The monoisotopic (exact) mass is 272 g/mol. The van der Waals surface area contributed by atoms with Crippen LogP contribution < -0.4 is 16.3 Å². The van der Waals surface area contributed by atoms with Crippen molar-refractivity contribution in [1.29, 1.82) is 0 Å². The molecule has 0 bridgehead atoms. The lowest BCUT2D eigenvalue weighted by atomic mass is 10.2. The number of carbonyl (C=O) groups excluding carboxylic acids is 1. The van der Waals surface area contributed by atoms with Gasteiger partial charge >= 0.3 is 11.7 Å². The van der Waals surface area contributed by atoms with E-state index >= 15 is 0 Å². The molecule has 1 aromatic carbocycles. The van der Waals surface area contributed by atoms with E-state index in [4.69, 9.17) is 4.42 Å². The average Bonchev–Trinajstić information content (AvgIpc) is 3.23. The van der Waals surface area contributed by atoms with Crippen molar-refractivity contribution in [2.45, 2.75) is 25.8 Å². The second kappa shape index (κ2) is 5.00. The van der Waals surface area contributed by atoms with Crippen LogP contribution >= 0.6 is 0 Å². The van der Waals surface area contributed by atoms with Gasteiger partial charge in [-0.2, -0.15) is 0 Å². The molecular formula is C15H16N2O3. The number of nitrogens with one attached hydrogen (secondary N) is 2. The number of hydrogen-bond donors (Lipinski definition) is 2. The van der Waals surface area contributed by atoms with Gasteiger partial charge in [0.2, 0.25) is 0 Å². The fraction of sp³-hybridized carbons (Fsp3) is 0.333. The zero-order chi connectivity index (χ0) is 14.1. The van der Waals surface area contributed by atoms with Crippen molar-refractivity contribution in [2.75, 3.05) is 5.32 Å². The smallest absolute Gasteiger partial charge is 0.336 e. The summed E-state index contributed by atoms with van der Waals surface area (Å²) in [5.74, 6) is 0.617. The van der Waals surface area contributed by atoms with E-state index in [1.165, 1.54) is 18.9 Å². The zero-order valence-corrected chi connectivity index (χ0v) is 11.2. The van der Waals surface area contributed by atoms with Gasteiger partial charge in [0.25, 0.3) is 0 Å². The van der Waals surface area contributed by atoms with Crippen LogP contribution in [-0.2, 0) is 0 Å². The summed E-state index contributed by atoms with van der Waals surface area (Å²) < 4.78 is 5.04. The highest BCUT2D eigenvalue weighted by Crippen LogP contribution is 2.32. The van der Waals surface area contributed by atoms with E-state index in [9.17, 15) is 9.59 Å². The second-order valence-electron chi connectivity index (χ2n) is 5.23. The minimum atomic E-state index is -0.380. The van der Waals surface area contributed by atoms with Gasteiger partial charge in [-0.15, -0.1) is 0 Å². The molecule has 1 aromatic heterocycles. The summed E-state index contributed by atoms with van der Waals surface area (Å²) in [7, 11) is 0. The number of fused-ring (bicyclic) bond motifs is 1. The molecule has 0 spiro atoms. The lowest BCUT2D eigenvalue weighted by molar-refractivity contribution is 0.248. The highest BCUT2D eigenvalue weighted by Gasteiger charge is 2.28. The van der Waals surface area contributed by atoms with Crippen molar-refractivity contribution < 1.29 is 9.21 Å². The summed E-state index contributed by atoms with van der Waals surface area (Å²) in [6.45, 7) is 2.02. The molecule has 0 saturated heterocycles. The van der Waals surface area contributed by atoms with E-state index in [1.807, 2.05) is 6.92 Å². The molecule has 2 aromatic rings. The molecule has 0 unspecified atom stereocenters. The number of amides is 2. The molecule has 104 valence electrons. The molecule has 3 rings (SSSR count). The van der Waals surface area contributed by atoms with Gasteiger partial charge in [0.1, 0.15) is 5.58 Å². The van der Waals surface area contributed by atoms with Gasteiger partial charge in [0, 0.05) is 23.2 Å². The number of rotatable bonds is 3. The van der Waals surface area contributed by atoms with E-state index in [2.05, 4.69) is 10.6 Å². The molecule has 1 atom stereocenters. The van der Waals surface area contributed by atoms with Crippen LogP contribution in [0.4, 0.5) is 10.5 Å². The molecule has 2 N–H and O–H groups in total. The van der Waals surface area contributed by atoms with Gasteiger partial charge in [-0.25, -0.2) is 9.59 Å². The van der Waals surface area contributed by atoms with Crippen molar-refractivity contribution in [3.8, 4) is 0 Å². The Hall–Kier alpha value is -2.30. The molecule has 20 heavy (non-hydrogen) atoms. The fourth-order valence-electron chi connectivity index (χ4n) is 2.24. The molecular weight excluding hydrogens is 256 g/mol. The average molecular weight is 272 g/mol. The predicted molar refractivity (Wildman–Crippen MR) is 76.8 cm³/mol. The Morgan fingerprint density at radius 3 is 2.85 bits per heavy atom. The van der Waals surface area contributed by atoms with Crippen LogP contribution in [0, 0.1) is 5.92 Å². The van der Waals surface area contributed by atoms with Gasteiger partial charge in [-0.3, -0.25) is 0 Å². The third-order valence-electron chi connectivity index (χ3n) is 3.57. The maximum atomic E-state index is 11.8. The van der Waals surface area contributed by atoms with Crippen LogP contribution in [0.25, 0.3) is 11.0 Å². The van der Waals surface area contributed by atoms with Crippen LogP contribution in [0.2, 0.25) is 0 Å². The van der Waals surface area contributed by atoms with Gasteiger partial charge < -0.3 is 15.1 Å². The van der Waals surface area contributed by atoms with E-state index in [-0.39, 0.29) is 17.7 Å². The summed E-state index contributed by atoms with van der Waals surface area (Å²) in [4.78, 5) is 22.9. The summed E-state index contributed by atoms with van der Waals surface area (Å²) in [6, 6.07) is 8.20. The van der Waals surface area contributed by atoms with E-state index in [0.717, 1.165) is 5.39 Å². The first-order chi connectivity index (χ1) is 9.61. The Kier molecular flexibility index (Phi) is 3.18. The zero-order valence-electron chi connectivity index (χ0n) is 11.2. The fourth-order valence-corrected chi connectivity index (χ4v) is 2.24. The second-order valence-corrected chi connectivity index (χ2v) is 5.23. The SMILES string of the molecule is C[C@@H](NC(=O)Nc1ccc2oc(=O)ccc2c1)C1CC1. The maximum absolute atomic E-state index is 11.8. The van der Waals surface area contributed by atoms with E-state index in [0.29, 0.717) is 17.2 Å². The Balaban J connectivity index is 1.71. The molecule has 1 heterocycles. The highest BCUT2D eigenvalue weighted by molar-refractivity contribution is 5.92. The van der Waals surface area contributed by atoms with Crippen molar-refractivity contribution in [3.05, 3.63) is 40.8 Å². The van der Waals surface area contributed by atoms with Crippen molar-refractivity contribution in [3.63, 3.8) is 0 Å². The largest absolute Gasteiger partial charge is 0.423 e. The Bertz CT molecular complexity index is 704. The first kappa shape index (κ1) is 12.7. The van der Waals surface area contributed by atoms with Crippen molar-refractivity contribution in [2.24, 2.45) is 5.92 Å². The molecule has 1 fully saturated rings. The molecule has 5 heteroatoms. The van der Waals surface area contributed by atoms with Gasteiger partial charge in [-0.05, 0) is 49.9 Å². The number of hydrogen-bond acceptors (Lipinski definition) is 3. The van der Waals surface area contributed by atoms with Crippen LogP contribution in [0.3, 0.4) is 0 Å². The van der Waals surface area contributed by atoms with Gasteiger partial charge in [0.05, 0.1) is 0 Å². The van der Waals surface area contributed by atoms with Crippen molar-refractivity contribution in [1.82, 2.24) is 5.32 Å². The third-order valence-corrected chi connectivity index (χ3v) is 3.57. The van der Waals surface area contributed by atoms with Crippen LogP contribution in [0.5, 0.6) is 0 Å². The van der Waals surface area contributed by atoms with Crippen LogP contribution in [0.1, 0.15) is 19.8 Å². The minimum absolute atomic E-state index is 0.202. The summed E-state index contributed by atoms with van der Waals surface area (Å²) in [5.41, 5.74) is 0.802. The molecule has 0 radical (unpaired) electrons. The standard InChI is InChI=1S/C15H16N2O3/c1-9(10-2-3-10)16-15(19)17-12-5-6-13-11(8-12)4-7-14(18)20-13/h4-10H,2-3H2,1H3,(H2,16,17,19)/t9-/m1/s1. The van der Waals surface area contributed by atoms with E-state index < -0.39 is 0 Å². The molecule has 5 nitrogen and oxygen atoms in total. The molecule has 2 amide bonds. The van der Waals surface area contributed by atoms with E-state index in [1.54, 1.807) is 24.3 Å². The topological polar surface area (TPSA) is 71.3 Å².